The molecule has 6 nitrogen and oxygen atoms in total. The molecular weight excluding hydrogens is 368 g/mol. The summed E-state index contributed by atoms with van der Waals surface area (Å²) in [5.74, 6) is -0.0644. The van der Waals surface area contributed by atoms with Crippen LogP contribution in [0.25, 0.3) is 5.57 Å². The van der Waals surface area contributed by atoms with Gasteiger partial charge in [0.15, 0.2) is 0 Å². The summed E-state index contributed by atoms with van der Waals surface area (Å²) in [6.07, 6.45) is 0. The van der Waals surface area contributed by atoms with Crippen molar-refractivity contribution in [2.24, 2.45) is 0 Å². The number of hydrogen-bond acceptors (Lipinski definition) is 5. The summed E-state index contributed by atoms with van der Waals surface area (Å²) < 4.78 is 10.9. The number of amides is 2. The van der Waals surface area contributed by atoms with Crippen molar-refractivity contribution in [3.8, 4) is 5.75 Å². The van der Waals surface area contributed by atoms with E-state index in [9.17, 15) is 9.59 Å². The fraction of sp³-hybridized carbons (Fsp3) is 0.304. The van der Waals surface area contributed by atoms with Gasteiger partial charge in [0.25, 0.3) is 11.8 Å². The number of carbonyl (C=O) groups excluding carboxylic acids is 2. The topological polar surface area (TPSA) is 59.1 Å². The van der Waals surface area contributed by atoms with Crippen LogP contribution in [0.5, 0.6) is 5.75 Å². The van der Waals surface area contributed by atoms with Crippen LogP contribution in [0.15, 0.2) is 48.2 Å². The number of ether oxygens (including phenoxy) is 2. The largest absolute Gasteiger partial charge is 0.496 e. The Hall–Kier alpha value is -3.12. The SMILES string of the molecule is COc1ccccc1C1=C(N2CCOCC2)C(=O)N(c2cc(C)cc(C)c2)C1=O. The number of para-hydroxylation sites is 1. The lowest BCUT2D eigenvalue weighted by Gasteiger charge is -2.29. The van der Waals surface area contributed by atoms with E-state index in [0.717, 1.165) is 11.1 Å². The monoisotopic (exact) mass is 392 g/mol. The van der Waals surface area contributed by atoms with Gasteiger partial charge in [0.1, 0.15) is 11.4 Å². The number of nitrogens with zero attached hydrogens (tertiary/aromatic N) is 2. The molecule has 150 valence electrons. The molecule has 0 bridgehead atoms. The van der Waals surface area contributed by atoms with E-state index in [4.69, 9.17) is 9.47 Å². The van der Waals surface area contributed by atoms with E-state index < -0.39 is 0 Å². The van der Waals surface area contributed by atoms with Crippen molar-refractivity contribution in [3.05, 3.63) is 64.9 Å². The summed E-state index contributed by atoms with van der Waals surface area (Å²) in [7, 11) is 1.57. The zero-order valence-electron chi connectivity index (χ0n) is 16.9. The molecule has 0 radical (unpaired) electrons. The first-order chi connectivity index (χ1) is 14.0. The van der Waals surface area contributed by atoms with Crippen LogP contribution in [0.3, 0.4) is 0 Å². The second-order valence-electron chi connectivity index (χ2n) is 7.31. The Morgan fingerprint density at radius 2 is 1.59 bits per heavy atom. The maximum absolute atomic E-state index is 13.6. The van der Waals surface area contributed by atoms with Gasteiger partial charge in [0.2, 0.25) is 0 Å². The van der Waals surface area contributed by atoms with Crippen molar-refractivity contribution in [2.75, 3.05) is 38.3 Å². The molecule has 2 aromatic carbocycles. The van der Waals surface area contributed by atoms with Crippen LogP contribution in [0, 0.1) is 13.8 Å². The van der Waals surface area contributed by atoms with Gasteiger partial charge < -0.3 is 14.4 Å². The Bertz CT molecular complexity index is 985. The molecule has 0 unspecified atom stereocenters. The first-order valence-corrected chi connectivity index (χ1v) is 9.68. The summed E-state index contributed by atoms with van der Waals surface area (Å²) in [6, 6.07) is 13.1. The minimum absolute atomic E-state index is 0.303. The third-order valence-electron chi connectivity index (χ3n) is 5.23. The molecule has 1 fully saturated rings. The summed E-state index contributed by atoms with van der Waals surface area (Å²) in [6.45, 7) is 6.08. The van der Waals surface area contributed by atoms with Crippen LogP contribution in [0.4, 0.5) is 5.69 Å². The number of carbonyl (C=O) groups is 2. The number of rotatable bonds is 4. The Kier molecular flexibility index (Phi) is 5.11. The molecule has 0 N–H and O–H groups in total. The fourth-order valence-corrected chi connectivity index (χ4v) is 4.01. The van der Waals surface area contributed by atoms with Gasteiger partial charge in [-0.25, -0.2) is 4.90 Å². The summed E-state index contributed by atoms with van der Waals surface area (Å²) in [5.41, 5.74) is 4.02. The Morgan fingerprint density at radius 1 is 0.931 bits per heavy atom. The molecule has 29 heavy (non-hydrogen) atoms. The summed E-state index contributed by atoms with van der Waals surface area (Å²) in [5, 5.41) is 0. The molecule has 6 heteroatoms. The molecule has 0 aromatic heterocycles. The second kappa shape index (κ2) is 7.72. The standard InChI is InChI=1S/C23H24N2O4/c1-15-12-16(2)14-17(13-15)25-22(26)20(18-6-4-5-7-19(18)28-3)21(23(25)27)24-8-10-29-11-9-24/h4-7,12-14H,8-11H2,1-3H3. The number of benzene rings is 2. The highest BCUT2D eigenvalue weighted by Gasteiger charge is 2.43. The van der Waals surface area contributed by atoms with E-state index in [-0.39, 0.29) is 11.8 Å². The Labute approximate surface area is 170 Å². The lowest BCUT2D eigenvalue weighted by atomic mass is 10.0. The molecule has 2 amide bonds. The van der Waals surface area contributed by atoms with E-state index in [1.54, 1.807) is 13.2 Å². The van der Waals surface area contributed by atoms with E-state index in [1.165, 1.54) is 4.90 Å². The van der Waals surface area contributed by atoms with Crippen LogP contribution < -0.4 is 9.64 Å². The molecule has 0 saturated carbocycles. The zero-order valence-corrected chi connectivity index (χ0v) is 16.9. The average molecular weight is 392 g/mol. The zero-order chi connectivity index (χ0) is 20.5. The van der Waals surface area contributed by atoms with Gasteiger partial charge in [-0.1, -0.05) is 24.3 Å². The molecule has 2 aromatic rings. The molecule has 2 heterocycles. The third kappa shape index (κ3) is 3.40. The Balaban J connectivity index is 1.88. The van der Waals surface area contributed by atoms with Crippen molar-refractivity contribution in [1.29, 1.82) is 0 Å². The van der Waals surface area contributed by atoms with Gasteiger partial charge in [-0.3, -0.25) is 9.59 Å². The van der Waals surface area contributed by atoms with Crippen LogP contribution >= 0.6 is 0 Å². The lowest BCUT2D eigenvalue weighted by molar-refractivity contribution is -0.121. The van der Waals surface area contributed by atoms with E-state index >= 15 is 0 Å². The number of hydrogen-bond donors (Lipinski definition) is 0. The molecule has 2 aliphatic heterocycles. The predicted octanol–water partition coefficient (Wildman–Crippen LogP) is 2.93. The first kappa shape index (κ1) is 19.2. The molecular formula is C23H24N2O4. The van der Waals surface area contributed by atoms with E-state index in [0.29, 0.717) is 54.6 Å². The van der Waals surface area contributed by atoms with E-state index in [2.05, 4.69) is 0 Å². The van der Waals surface area contributed by atoms with Crippen LogP contribution in [-0.4, -0.2) is 50.1 Å². The highest BCUT2D eigenvalue weighted by molar-refractivity contribution is 6.45. The molecule has 4 rings (SSSR count). The Morgan fingerprint density at radius 3 is 2.24 bits per heavy atom. The number of imide groups is 1. The minimum Gasteiger partial charge on any atom is -0.496 e. The molecule has 0 aliphatic carbocycles. The van der Waals surface area contributed by atoms with Gasteiger partial charge in [0.05, 0.1) is 31.6 Å². The van der Waals surface area contributed by atoms with Crippen molar-refractivity contribution in [1.82, 2.24) is 4.90 Å². The molecule has 0 spiro atoms. The number of aryl methyl sites for hydroxylation is 2. The maximum atomic E-state index is 13.6. The lowest BCUT2D eigenvalue weighted by Crippen LogP contribution is -2.40. The summed E-state index contributed by atoms with van der Waals surface area (Å²) >= 11 is 0. The van der Waals surface area contributed by atoms with Crippen LogP contribution in [0.1, 0.15) is 16.7 Å². The molecule has 0 atom stereocenters. The van der Waals surface area contributed by atoms with Crippen molar-refractivity contribution < 1.29 is 19.1 Å². The van der Waals surface area contributed by atoms with Gasteiger partial charge in [0, 0.05) is 18.7 Å². The normalized spacial score (nSPS) is 17.3. The van der Waals surface area contributed by atoms with Crippen LogP contribution in [-0.2, 0) is 14.3 Å². The summed E-state index contributed by atoms with van der Waals surface area (Å²) in [4.78, 5) is 30.4. The van der Waals surface area contributed by atoms with Crippen LogP contribution in [0.2, 0.25) is 0 Å². The van der Waals surface area contributed by atoms with Crippen molar-refractivity contribution in [3.63, 3.8) is 0 Å². The van der Waals surface area contributed by atoms with Crippen molar-refractivity contribution >= 4 is 23.1 Å². The highest BCUT2D eigenvalue weighted by atomic mass is 16.5. The first-order valence-electron chi connectivity index (χ1n) is 9.68. The number of morpholine rings is 1. The van der Waals surface area contributed by atoms with Gasteiger partial charge in [-0.15, -0.1) is 0 Å². The van der Waals surface area contributed by atoms with Gasteiger partial charge in [-0.2, -0.15) is 0 Å². The maximum Gasteiger partial charge on any atom is 0.282 e. The minimum atomic E-state index is -0.328. The van der Waals surface area contributed by atoms with Gasteiger partial charge in [-0.05, 0) is 43.2 Å². The van der Waals surface area contributed by atoms with E-state index in [1.807, 2.05) is 55.1 Å². The molecule has 2 aliphatic rings. The molecule has 1 saturated heterocycles. The number of methoxy groups -OCH3 is 1. The fourth-order valence-electron chi connectivity index (χ4n) is 4.01. The second-order valence-corrected chi connectivity index (χ2v) is 7.31. The average Bonchev–Trinajstić information content (AvgIpc) is 2.97. The van der Waals surface area contributed by atoms with Gasteiger partial charge >= 0.3 is 0 Å². The van der Waals surface area contributed by atoms with Crippen molar-refractivity contribution in [2.45, 2.75) is 13.8 Å². The smallest absolute Gasteiger partial charge is 0.282 e. The highest BCUT2D eigenvalue weighted by Crippen LogP contribution is 2.38. The third-order valence-corrected chi connectivity index (χ3v) is 5.23. The predicted molar refractivity (Wildman–Crippen MR) is 111 cm³/mol. The number of anilines is 1. The quantitative estimate of drug-likeness (QED) is 0.749.